The van der Waals surface area contributed by atoms with Crippen LogP contribution in [0.1, 0.15) is 13.3 Å². The minimum absolute atomic E-state index is 0.0299. The van der Waals surface area contributed by atoms with Crippen LogP contribution in [0.2, 0.25) is 0 Å². The van der Waals surface area contributed by atoms with E-state index in [1.165, 1.54) is 0 Å². The Bertz CT molecular complexity index is 272. The van der Waals surface area contributed by atoms with Gasteiger partial charge in [0.15, 0.2) is 0 Å². The minimum Gasteiger partial charge on any atom is -0.384 e. The Kier molecular flexibility index (Phi) is 4.36. The number of amides is 1. The minimum atomic E-state index is -0.176. The molecule has 5 nitrogen and oxygen atoms in total. The number of nitrogens with one attached hydrogen (secondary N) is 1. The summed E-state index contributed by atoms with van der Waals surface area (Å²) in [4.78, 5) is 14.2. The van der Waals surface area contributed by atoms with Crippen LogP contribution in [-0.4, -0.2) is 62.9 Å². The lowest BCUT2D eigenvalue weighted by Crippen LogP contribution is -2.56. The van der Waals surface area contributed by atoms with E-state index in [4.69, 9.17) is 9.47 Å². The van der Waals surface area contributed by atoms with Gasteiger partial charge in [0, 0.05) is 32.7 Å². The molecule has 5 heteroatoms. The topological polar surface area (TPSA) is 50.8 Å². The zero-order valence-electron chi connectivity index (χ0n) is 10.6. The van der Waals surface area contributed by atoms with Crippen molar-refractivity contribution < 1.29 is 14.3 Å². The molecule has 0 aromatic rings. The Hall–Kier alpha value is -0.650. The van der Waals surface area contributed by atoms with E-state index in [0.29, 0.717) is 12.5 Å². The highest BCUT2D eigenvalue weighted by molar-refractivity contribution is 5.82. The Morgan fingerprint density at radius 3 is 3.12 bits per heavy atom. The molecule has 0 bridgehead atoms. The molecule has 1 N–H and O–H groups in total. The Morgan fingerprint density at radius 2 is 2.41 bits per heavy atom. The van der Waals surface area contributed by atoms with E-state index in [9.17, 15) is 4.79 Å². The zero-order valence-corrected chi connectivity index (χ0v) is 10.6. The van der Waals surface area contributed by atoms with E-state index >= 15 is 0 Å². The fourth-order valence-corrected chi connectivity index (χ4v) is 2.61. The largest absolute Gasteiger partial charge is 0.384 e. The maximum Gasteiger partial charge on any atom is 0.242 e. The predicted octanol–water partition coefficient (Wildman–Crippen LogP) is -0.142. The van der Waals surface area contributed by atoms with Gasteiger partial charge in [-0.2, -0.15) is 0 Å². The molecule has 0 radical (unpaired) electrons. The van der Waals surface area contributed by atoms with Crippen LogP contribution in [0.5, 0.6) is 0 Å². The monoisotopic (exact) mass is 242 g/mol. The standard InChI is InChI=1S/C12H22N2O3/c1-9-11(13-4-6-17-9)12(15)14-5-3-10(7-14)8-16-2/h9-11,13H,3-8H2,1-2H3/t9-,10?,11+/m1/s1. The second-order valence-electron chi connectivity index (χ2n) is 4.90. The molecule has 1 unspecified atom stereocenters. The SMILES string of the molecule is COCC1CCN(C(=O)[C@H]2NCCO[C@@H]2C)C1. The summed E-state index contributed by atoms with van der Waals surface area (Å²) in [5.41, 5.74) is 0. The van der Waals surface area contributed by atoms with Crippen LogP contribution in [-0.2, 0) is 14.3 Å². The first-order valence-electron chi connectivity index (χ1n) is 6.35. The second kappa shape index (κ2) is 5.80. The van der Waals surface area contributed by atoms with Gasteiger partial charge in [-0.15, -0.1) is 0 Å². The Balaban J connectivity index is 1.87. The number of likely N-dealkylation sites (tertiary alicyclic amines) is 1. The van der Waals surface area contributed by atoms with Crippen LogP contribution in [0, 0.1) is 5.92 Å². The van der Waals surface area contributed by atoms with E-state index < -0.39 is 0 Å². The molecular formula is C12H22N2O3. The normalized spacial score (nSPS) is 34.0. The number of methoxy groups -OCH3 is 1. The summed E-state index contributed by atoms with van der Waals surface area (Å²) in [6.45, 7) is 5.81. The van der Waals surface area contributed by atoms with Crippen molar-refractivity contribution in [3.8, 4) is 0 Å². The van der Waals surface area contributed by atoms with Crippen LogP contribution in [0.15, 0.2) is 0 Å². The molecule has 0 saturated carbocycles. The molecular weight excluding hydrogens is 220 g/mol. The third-order valence-electron chi connectivity index (χ3n) is 3.58. The van der Waals surface area contributed by atoms with Crippen molar-refractivity contribution in [2.24, 2.45) is 5.92 Å². The van der Waals surface area contributed by atoms with Crippen molar-refractivity contribution in [2.75, 3.05) is 40.0 Å². The van der Waals surface area contributed by atoms with Crippen LogP contribution < -0.4 is 5.32 Å². The van der Waals surface area contributed by atoms with Gasteiger partial charge in [-0.3, -0.25) is 4.79 Å². The molecule has 1 amide bonds. The molecule has 0 spiro atoms. The molecule has 2 aliphatic rings. The van der Waals surface area contributed by atoms with Gasteiger partial charge in [0.1, 0.15) is 6.04 Å². The van der Waals surface area contributed by atoms with E-state index in [0.717, 1.165) is 32.7 Å². The quantitative estimate of drug-likeness (QED) is 0.748. The number of hydrogen-bond donors (Lipinski definition) is 1. The highest BCUT2D eigenvalue weighted by atomic mass is 16.5. The van der Waals surface area contributed by atoms with Crippen LogP contribution in [0.3, 0.4) is 0 Å². The number of rotatable bonds is 3. The summed E-state index contributed by atoms with van der Waals surface area (Å²) in [6, 6.07) is -0.176. The third-order valence-corrected chi connectivity index (χ3v) is 3.58. The summed E-state index contributed by atoms with van der Waals surface area (Å²) < 4.78 is 10.7. The molecule has 2 rings (SSSR count). The summed E-state index contributed by atoms with van der Waals surface area (Å²) >= 11 is 0. The molecule has 2 heterocycles. The molecule has 2 fully saturated rings. The predicted molar refractivity (Wildman–Crippen MR) is 63.8 cm³/mol. The maximum atomic E-state index is 12.3. The summed E-state index contributed by atoms with van der Waals surface area (Å²) in [5.74, 6) is 0.666. The lowest BCUT2D eigenvalue weighted by Gasteiger charge is -2.32. The van der Waals surface area contributed by atoms with Gasteiger partial charge in [-0.05, 0) is 13.3 Å². The van der Waals surface area contributed by atoms with Gasteiger partial charge in [0.2, 0.25) is 5.91 Å². The molecule has 3 atom stereocenters. The van der Waals surface area contributed by atoms with E-state index in [-0.39, 0.29) is 18.1 Å². The molecule has 2 saturated heterocycles. The number of carbonyl (C=O) groups excluding carboxylic acids is 1. The van der Waals surface area contributed by atoms with Crippen molar-refractivity contribution in [2.45, 2.75) is 25.5 Å². The highest BCUT2D eigenvalue weighted by Gasteiger charge is 2.35. The van der Waals surface area contributed by atoms with Gasteiger partial charge in [0.25, 0.3) is 0 Å². The number of carbonyl (C=O) groups is 1. The van der Waals surface area contributed by atoms with Crippen molar-refractivity contribution >= 4 is 5.91 Å². The summed E-state index contributed by atoms with van der Waals surface area (Å²) in [6.07, 6.45) is 1.01. The molecule has 17 heavy (non-hydrogen) atoms. The number of hydrogen-bond acceptors (Lipinski definition) is 4. The van der Waals surface area contributed by atoms with E-state index in [1.54, 1.807) is 7.11 Å². The van der Waals surface area contributed by atoms with Crippen LogP contribution >= 0.6 is 0 Å². The third kappa shape index (κ3) is 2.97. The number of ether oxygens (including phenoxy) is 2. The lowest BCUT2D eigenvalue weighted by atomic mass is 10.1. The Labute approximate surface area is 102 Å². The zero-order chi connectivity index (χ0) is 12.3. The van der Waals surface area contributed by atoms with Crippen molar-refractivity contribution in [1.82, 2.24) is 10.2 Å². The van der Waals surface area contributed by atoms with Crippen LogP contribution in [0.25, 0.3) is 0 Å². The number of nitrogens with zero attached hydrogens (tertiary/aromatic N) is 1. The fraction of sp³-hybridized carbons (Fsp3) is 0.917. The molecule has 0 aromatic heterocycles. The van der Waals surface area contributed by atoms with Crippen molar-refractivity contribution in [1.29, 1.82) is 0 Å². The van der Waals surface area contributed by atoms with Gasteiger partial charge < -0.3 is 19.7 Å². The average molecular weight is 242 g/mol. The van der Waals surface area contributed by atoms with Gasteiger partial charge in [-0.1, -0.05) is 0 Å². The molecule has 2 aliphatic heterocycles. The van der Waals surface area contributed by atoms with Crippen molar-refractivity contribution in [3.63, 3.8) is 0 Å². The van der Waals surface area contributed by atoms with E-state index in [1.807, 2.05) is 11.8 Å². The molecule has 98 valence electrons. The van der Waals surface area contributed by atoms with Gasteiger partial charge in [0.05, 0.1) is 19.3 Å². The molecule has 0 aromatic carbocycles. The lowest BCUT2D eigenvalue weighted by molar-refractivity contribution is -0.138. The Morgan fingerprint density at radius 1 is 1.59 bits per heavy atom. The van der Waals surface area contributed by atoms with Gasteiger partial charge in [-0.25, -0.2) is 0 Å². The number of morpholine rings is 1. The first-order valence-corrected chi connectivity index (χ1v) is 6.35. The maximum absolute atomic E-state index is 12.3. The summed E-state index contributed by atoms with van der Waals surface area (Å²) in [5, 5.41) is 3.24. The van der Waals surface area contributed by atoms with Crippen molar-refractivity contribution in [3.05, 3.63) is 0 Å². The fourth-order valence-electron chi connectivity index (χ4n) is 2.61. The molecule has 0 aliphatic carbocycles. The average Bonchev–Trinajstić information content (AvgIpc) is 2.78. The second-order valence-corrected chi connectivity index (χ2v) is 4.90. The van der Waals surface area contributed by atoms with E-state index in [2.05, 4.69) is 5.32 Å². The first kappa shape index (κ1) is 12.8. The summed E-state index contributed by atoms with van der Waals surface area (Å²) in [7, 11) is 1.71. The smallest absolute Gasteiger partial charge is 0.242 e. The first-order chi connectivity index (χ1) is 8.22. The van der Waals surface area contributed by atoms with Crippen LogP contribution in [0.4, 0.5) is 0 Å². The highest BCUT2D eigenvalue weighted by Crippen LogP contribution is 2.18. The van der Waals surface area contributed by atoms with Gasteiger partial charge >= 0.3 is 0 Å².